The molecule has 1 aromatic heterocycles. The molecule has 0 amide bonds. The van der Waals surface area contributed by atoms with Crippen LogP contribution in [0.5, 0.6) is 0 Å². The number of anilines is 1. The second-order valence-corrected chi connectivity index (χ2v) is 2.66. The zero-order valence-corrected chi connectivity index (χ0v) is 7.47. The van der Waals surface area contributed by atoms with E-state index in [4.69, 9.17) is 12.2 Å². The van der Waals surface area contributed by atoms with Crippen LogP contribution in [0.4, 0.5) is 5.82 Å². The highest BCUT2D eigenvalue weighted by Gasteiger charge is 1.91. The third-order valence-electron chi connectivity index (χ3n) is 1.40. The Morgan fingerprint density at radius 2 is 2.25 bits per heavy atom. The second-order valence-electron chi connectivity index (χ2n) is 2.19. The Bertz CT molecular complexity index is 352. The van der Waals surface area contributed by atoms with Crippen molar-refractivity contribution in [1.82, 2.24) is 4.57 Å². The van der Waals surface area contributed by atoms with Crippen molar-refractivity contribution in [2.24, 2.45) is 0 Å². The van der Waals surface area contributed by atoms with Gasteiger partial charge in [0.05, 0.1) is 0 Å². The molecule has 0 bridgehead atoms. The molecule has 12 heavy (non-hydrogen) atoms. The number of aromatic nitrogens is 1. The van der Waals surface area contributed by atoms with Crippen molar-refractivity contribution in [2.75, 3.05) is 5.32 Å². The highest BCUT2D eigenvalue weighted by molar-refractivity contribution is 7.71. The molecule has 0 spiro atoms. The first-order valence-corrected chi connectivity index (χ1v) is 3.91. The fourth-order valence-corrected chi connectivity index (χ4v) is 1.04. The van der Waals surface area contributed by atoms with Crippen LogP contribution < -0.4 is 5.32 Å². The topological polar surface area (TPSA) is 17.0 Å². The van der Waals surface area contributed by atoms with E-state index < -0.39 is 0 Å². The first-order valence-electron chi connectivity index (χ1n) is 3.50. The van der Waals surface area contributed by atoms with Crippen molar-refractivity contribution in [3.8, 4) is 0 Å². The summed E-state index contributed by atoms with van der Waals surface area (Å²) >= 11 is 5.00. The van der Waals surface area contributed by atoms with E-state index in [0.29, 0.717) is 0 Å². The van der Waals surface area contributed by atoms with Crippen LogP contribution in [0.25, 0.3) is 6.20 Å². The van der Waals surface area contributed by atoms with E-state index in [1.54, 1.807) is 12.4 Å². The van der Waals surface area contributed by atoms with Gasteiger partial charge in [0.1, 0.15) is 5.82 Å². The maximum absolute atomic E-state index is 5.00. The summed E-state index contributed by atoms with van der Waals surface area (Å²) in [7, 11) is 0. The predicted molar refractivity (Wildman–Crippen MR) is 55.5 cm³/mol. The quantitative estimate of drug-likeness (QED) is 0.717. The first-order chi connectivity index (χ1) is 5.77. The van der Waals surface area contributed by atoms with Gasteiger partial charge in [-0.2, -0.15) is 0 Å². The van der Waals surface area contributed by atoms with Gasteiger partial charge in [0, 0.05) is 16.9 Å². The lowest BCUT2D eigenvalue weighted by Gasteiger charge is -2.07. The summed E-state index contributed by atoms with van der Waals surface area (Å²) in [5, 5.41) is 2.96. The highest BCUT2D eigenvalue weighted by atomic mass is 32.1. The van der Waals surface area contributed by atoms with Crippen molar-refractivity contribution in [2.45, 2.75) is 0 Å². The Morgan fingerprint density at radius 1 is 1.50 bits per heavy atom. The van der Waals surface area contributed by atoms with Gasteiger partial charge in [0.15, 0.2) is 0 Å². The number of hydrogen-bond donors (Lipinski definition) is 1. The number of rotatable bonds is 3. The lowest BCUT2D eigenvalue weighted by atomic mass is 10.4. The maximum atomic E-state index is 5.00. The molecular weight excluding hydrogens is 168 g/mol. The average molecular weight is 178 g/mol. The second kappa shape index (κ2) is 3.88. The van der Waals surface area contributed by atoms with Crippen molar-refractivity contribution in [3.05, 3.63) is 42.2 Å². The van der Waals surface area contributed by atoms with E-state index in [-0.39, 0.29) is 0 Å². The first kappa shape index (κ1) is 8.74. The third-order valence-corrected chi connectivity index (χ3v) is 1.66. The summed E-state index contributed by atoms with van der Waals surface area (Å²) in [5.41, 5.74) is 0. The molecular formula is C9H10N2S. The van der Waals surface area contributed by atoms with Crippen LogP contribution in [-0.4, -0.2) is 4.57 Å². The number of pyridine rings is 1. The summed E-state index contributed by atoms with van der Waals surface area (Å²) in [5.74, 6) is 0.868. The molecule has 1 rings (SSSR count). The molecule has 1 N–H and O–H groups in total. The molecule has 0 aromatic carbocycles. The summed E-state index contributed by atoms with van der Waals surface area (Å²) < 4.78 is 2.62. The molecule has 1 aromatic rings. The molecule has 0 saturated carbocycles. The Balaban J connectivity index is 3.20. The summed E-state index contributed by atoms with van der Waals surface area (Å²) in [6, 6.07) is 3.68. The van der Waals surface area contributed by atoms with E-state index in [0.717, 1.165) is 10.3 Å². The predicted octanol–water partition coefficient (Wildman–Crippen LogP) is 2.87. The lowest BCUT2D eigenvalue weighted by Crippen LogP contribution is -1.97. The third kappa shape index (κ3) is 1.83. The lowest BCUT2D eigenvalue weighted by molar-refractivity contribution is 1.13. The number of nitrogens with one attached hydrogen (secondary N) is 1. The molecule has 0 radical (unpaired) electrons. The summed E-state index contributed by atoms with van der Waals surface area (Å²) in [4.78, 5) is 0. The van der Waals surface area contributed by atoms with Crippen LogP contribution in [0.2, 0.25) is 0 Å². The minimum atomic E-state index is 0.789. The van der Waals surface area contributed by atoms with E-state index in [9.17, 15) is 0 Å². The van der Waals surface area contributed by atoms with Gasteiger partial charge in [-0.05, 0) is 18.3 Å². The summed E-state index contributed by atoms with van der Waals surface area (Å²) in [6.07, 6.45) is 5.14. The molecule has 0 unspecified atom stereocenters. The minimum absolute atomic E-state index is 0.789. The van der Waals surface area contributed by atoms with Crippen LogP contribution in [0, 0.1) is 4.51 Å². The van der Waals surface area contributed by atoms with Crippen LogP contribution in [0.15, 0.2) is 37.7 Å². The van der Waals surface area contributed by atoms with Gasteiger partial charge in [-0.1, -0.05) is 25.4 Å². The minimum Gasteiger partial charge on any atom is -0.348 e. The van der Waals surface area contributed by atoms with Gasteiger partial charge in [-0.15, -0.1) is 0 Å². The monoisotopic (exact) mass is 178 g/mol. The molecule has 0 aliphatic carbocycles. The highest BCUT2D eigenvalue weighted by Crippen LogP contribution is 2.08. The molecule has 0 aliphatic heterocycles. The average Bonchev–Trinajstić information content (AvgIpc) is 2.05. The molecule has 0 fully saturated rings. The smallest absolute Gasteiger partial charge is 0.115 e. The molecule has 1 heterocycles. The fourth-order valence-electron chi connectivity index (χ4n) is 0.871. The SMILES string of the molecule is C=CNc1cc(=S)ccn1C=C. The maximum Gasteiger partial charge on any atom is 0.115 e. The van der Waals surface area contributed by atoms with E-state index in [1.807, 2.05) is 22.9 Å². The van der Waals surface area contributed by atoms with Gasteiger partial charge >= 0.3 is 0 Å². The summed E-state index contributed by atoms with van der Waals surface area (Å²) in [6.45, 7) is 7.23. The van der Waals surface area contributed by atoms with E-state index in [2.05, 4.69) is 18.5 Å². The van der Waals surface area contributed by atoms with Crippen LogP contribution in [0.3, 0.4) is 0 Å². The number of hydrogen-bond acceptors (Lipinski definition) is 2. The normalized spacial score (nSPS) is 9.00. The van der Waals surface area contributed by atoms with E-state index >= 15 is 0 Å². The standard InChI is InChI=1S/C9H10N2S/c1-3-10-9-7-8(12)5-6-11(9)4-2/h3-7,10H,1-2H2. The van der Waals surface area contributed by atoms with Crippen molar-refractivity contribution < 1.29 is 0 Å². The van der Waals surface area contributed by atoms with Crippen molar-refractivity contribution in [1.29, 1.82) is 0 Å². The van der Waals surface area contributed by atoms with E-state index in [1.165, 1.54) is 0 Å². The molecule has 0 atom stereocenters. The Labute approximate surface area is 76.9 Å². The van der Waals surface area contributed by atoms with Gasteiger partial charge in [-0.3, -0.25) is 0 Å². The van der Waals surface area contributed by atoms with Crippen molar-refractivity contribution >= 4 is 24.2 Å². The van der Waals surface area contributed by atoms with Gasteiger partial charge in [-0.25, -0.2) is 0 Å². The van der Waals surface area contributed by atoms with Gasteiger partial charge in [0.2, 0.25) is 0 Å². The van der Waals surface area contributed by atoms with Gasteiger partial charge < -0.3 is 9.88 Å². The zero-order chi connectivity index (χ0) is 8.97. The fraction of sp³-hybridized carbons (Fsp3) is 0. The van der Waals surface area contributed by atoms with Gasteiger partial charge in [0.25, 0.3) is 0 Å². The van der Waals surface area contributed by atoms with Crippen molar-refractivity contribution in [3.63, 3.8) is 0 Å². The Kier molecular flexibility index (Phi) is 2.82. The zero-order valence-electron chi connectivity index (χ0n) is 6.66. The largest absolute Gasteiger partial charge is 0.348 e. The molecule has 3 heteroatoms. The molecule has 0 aliphatic rings. The number of nitrogens with zero attached hydrogens (tertiary/aromatic N) is 1. The van der Waals surface area contributed by atoms with Crippen LogP contribution >= 0.6 is 12.2 Å². The molecule has 2 nitrogen and oxygen atoms in total. The van der Waals surface area contributed by atoms with Crippen LogP contribution in [0.1, 0.15) is 0 Å². The Hall–Kier alpha value is -1.35. The molecule has 0 saturated heterocycles. The molecule has 62 valence electrons. The Morgan fingerprint density at radius 3 is 2.83 bits per heavy atom. The van der Waals surface area contributed by atoms with Crippen LogP contribution in [-0.2, 0) is 0 Å².